The van der Waals surface area contributed by atoms with Crippen molar-refractivity contribution in [2.45, 2.75) is 45.1 Å². The first-order valence-corrected chi connectivity index (χ1v) is 12.4. The van der Waals surface area contributed by atoms with Crippen molar-refractivity contribution in [1.82, 2.24) is 4.68 Å². The third-order valence-corrected chi connectivity index (χ3v) is 6.95. The molecule has 0 atom stereocenters. The number of aromatic nitrogens is 1. The van der Waals surface area contributed by atoms with Crippen LogP contribution in [-0.2, 0) is 0 Å². The third kappa shape index (κ3) is 4.75. The van der Waals surface area contributed by atoms with Crippen molar-refractivity contribution in [2.75, 3.05) is 13.2 Å². The Morgan fingerprint density at radius 3 is 2.68 bits per heavy atom. The molecule has 0 radical (unpaired) electrons. The molecule has 1 aliphatic heterocycles. The average Bonchev–Trinajstić information content (AvgIpc) is 3.26. The zero-order chi connectivity index (χ0) is 23.5. The maximum absolute atomic E-state index is 11.4. The lowest BCUT2D eigenvalue weighted by atomic mass is 9.96. The molecular weight excluding hydrogens is 452 g/mol. The van der Waals surface area contributed by atoms with Crippen molar-refractivity contribution in [3.8, 4) is 22.8 Å². The molecule has 9 heteroatoms. The molecule has 2 aromatic carbocycles. The van der Waals surface area contributed by atoms with Gasteiger partial charge in [0.15, 0.2) is 11.5 Å². The van der Waals surface area contributed by atoms with E-state index in [1.807, 2.05) is 41.2 Å². The second-order valence-corrected chi connectivity index (χ2v) is 9.32. The molecule has 0 N–H and O–H groups in total. The number of hydrogen-bond acceptors (Lipinski definition) is 7. The zero-order valence-electron chi connectivity index (χ0n) is 19.0. The largest absolute Gasteiger partial charge is 0.486 e. The number of fused-ring (bicyclic) bond motifs is 1. The van der Waals surface area contributed by atoms with Gasteiger partial charge in [-0.2, -0.15) is 5.10 Å². The molecule has 8 nitrogen and oxygen atoms in total. The van der Waals surface area contributed by atoms with E-state index in [1.54, 1.807) is 12.1 Å². The second kappa shape index (κ2) is 9.80. The normalized spacial score (nSPS) is 17.1. The molecule has 3 aromatic rings. The Morgan fingerprint density at radius 2 is 1.88 bits per heavy atom. The van der Waals surface area contributed by atoms with Gasteiger partial charge in [-0.05, 0) is 38.0 Å². The summed E-state index contributed by atoms with van der Waals surface area (Å²) in [7, 11) is 0. The smallest absolute Gasteiger partial charge is 0.270 e. The molecule has 0 spiro atoms. The number of nitro benzene ring substituents is 1. The number of ether oxygens (including phenoxy) is 2. The molecule has 1 aliphatic carbocycles. The second-order valence-electron chi connectivity index (χ2n) is 8.49. The number of nitrogens with zero attached hydrogens (tertiary/aromatic N) is 4. The lowest BCUT2D eigenvalue weighted by molar-refractivity contribution is -0.384. The number of benzene rings is 2. The van der Waals surface area contributed by atoms with Gasteiger partial charge < -0.3 is 9.47 Å². The van der Waals surface area contributed by atoms with Crippen LogP contribution in [0, 0.1) is 10.1 Å². The fraction of sp³-hybridized carbons (Fsp3) is 0.360. The Bertz CT molecular complexity index is 1300. The van der Waals surface area contributed by atoms with E-state index in [2.05, 4.69) is 0 Å². The third-order valence-electron chi connectivity index (χ3n) is 6.12. The standard InChI is InChI=1S/C25H26N4O4S/c1-17(18-10-11-23-24(15-18)33-13-12-32-23)27-28-22(19-6-5-9-21(14-19)29(30)31)16-34-25(28)26-20-7-3-2-4-8-20/h5-6,9-11,14-16,20H,2-4,7-8,12-13H2,1H3. The summed E-state index contributed by atoms with van der Waals surface area (Å²) in [6.07, 6.45) is 5.80. The SMILES string of the molecule is CC(=Nn1c(-c2cccc([N+](=O)[O-])c2)csc1=NC1CCCCC1)c1ccc2c(c1)OCCO2. The van der Waals surface area contributed by atoms with E-state index in [4.69, 9.17) is 19.6 Å². The van der Waals surface area contributed by atoms with Gasteiger partial charge in [-0.3, -0.25) is 15.1 Å². The molecule has 0 bridgehead atoms. The maximum atomic E-state index is 11.4. The minimum absolute atomic E-state index is 0.0496. The zero-order valence-corrected chi connectivity index (χ0v) is 19.8. The number of thiazole rings is 1. The lowest BCUT2D eigenvalue weighted by Crippen LogP contribution is -2.20. The minimum Gasteiger partial charge on any atom is -0.486 e. The van der Waals surface area contributed by atoms with Gasteiger partial charge >= 0.3 is 0 Å². The highest BCUT2D eigenvalue weighted by Gasteiger charge is 2.17. The Balaban J connectivity index is 1.60. The van der Waals surface area contributed by atoms with E-state index in [0.29, 0.717) is 19.0 Å². The summed E-state index contributed by atoms with van der Waals surface area (Å²) in [6, 6.07) is 12.7. The van der Waals surface area contributed by atoms with Crippen LogP contribution in [0.5, 0.6) is 11.5 Å². The van der Waals surface area contributed by atoms with Crippen LogP contribution in [0.4, 0.5) is 5.69 Å². The first-order chi connectivity index (χ1) is 16.6. The van der Waals surface area contributed by atoms with Crippen molar-refractivity contribution in [3.63, 3.8) is 0 Å². The van der Waals surface area contributed by atoms with Crippen molar-refractivity contribution >= 4 is 22.7 Å². The quantitative estimate of drug-likeness (QED) is 0.279. The van der Waals surface area contributed by atoms with E-state index in [-0.39, 0.29) is 16.7 Å². The van der Waals surface area contributed by atoms with Crippen LogP contribution in [0.2, 0.25) is 0 Å². The minimum atomic E-state index is -0.378. The van der Waals surface area contributed by atoms with Gasteiger partial charge in [-0.15, -0.1) is 11.3 Å². The summed E-state index contributed by atoms with van der Waals surface area (Å²) >= 11 is 1.51. The van der Waals surface area contributed by atoms with E-state index in [0.717, 1.165) is 45.9 Å². The Hall–Kier alpha value is -3.46. The Kier molecular flexibility index (Phi) is 6.44. The highest BCUT2D eigenvalue weighted by atomic mass is 32.1. The number of rotatable bonds is 5. The van der Waals surface area contributed by atoms with Crippen LogP contribution in [0.15, 0.2) is 57.9 Å². The Labute approximate surface area is 201 Å². The Morgan fingerprint density at radius 1 is 1.09 bits per heavy atom. The molecule has 1 saturated carbocycles. The maximum Gasteiger partial charge on any atom is 0.270 e. The predicted molar refractivity (Wildman–Crippen MR) is 132 cm³/mol. The fourth-order valence-corrected chi connectivity index (χ4v) is 5.21. The molecule has 34 heavy (non-hydrogen) atoms. The molecule has 176 valence electrons. The topological polar surface area (TPSA) is 91.2 Å². The molecule has 5 rings (SSSR count). The predicted octanol–water partition coefficient (Wildman–Crippen LogP) is 5.40. The van der Waals surface area contributed by atoms with Gasteiger partial charge in [0, 0.05) is 28.6 Å². The van der Waals surface area contributed by atoms with Crippen LogP contribution in [-0.4, -0.2) is 34.6 Å². The lowest BCUT2D eigenvalue weighted by Gasteiger charge is -2.19. The highest BCUT2D eigenvalue weighted by Crippen LogP contribution is 2.31. The van der Waals surface area contributed by atoms with Crippen molar-refractivity contribution < 1.29 is 14.4 Å². The van der Waals surface area contributed by atoms with Crippen LogP contribution in [0.1, 0.15) is 44.6 Å². The molecular formula is C25H26N4O4S. The number of hydrogen-bond donors (Lipinski definition) is 0. The molecule has 1 fully saturated rings. The molecule has 0 saturated heterocycles. The van der Waals surface area contributed by atoms with Gasteiger partial charge in [0.05, 0.1) is 22.4 Å². The van der Waals surface area contributed by atoms with Crippen LogP contribution < -0.4 is 14.3 Å². The van der Waals surface area contributed by atoms with Crippen molar-refractivity contribution in [2.24, 2.45) is 10.1 Å². The molecule has 2 aliphatic rings. The van der Waals surface area contributed by atoms with Gasteiger partial charge in [-0.1, -0.05) is 31.4 Å². The highest BCUT2D eigenvalue weighted by molar-refractivity contribution is 7.07. The van der Waals surface area contributed by atoms with Crippen molar-refractivity contribution in [3.05, 3.63) is 68.3 Å². The molecule has 0 amide bonds. The number of nitro groups is 1. The summed E-state index contributed by atoms with van der Waals surface area (Å²) in [4.78, 5) is 16.8. The summed E-state index contributed by atoms with van der Waals surface area (Å²) < 4.78 is 13.2. The van der Waals surface area contributed by atoms with E-state index < -0.39 is 0 Å². The summed E-state index contributed by atoms with van der Waals surface area (Å²) in [5.74, 6) is 1.44. The van der Waals surface area contributed by atoms with Gasteiger partial charge in [0.25, 0.3) is 5.69 Å². The monoisotopic (exact) mass is 478 g/mol. The first-order valence-electron chi connectivity index (χ1n) is 11.5. The van der Waals surface area contributed by atoms with Crippen LogP contribution in [0.25, 0.3) is 11.3 Å². The number of non-ortho nitro benzene ring substituents is 1. The average molecular weight is 479 g/mol. The van der Waals surface area contributed by atoms with Gasteiger partial charge in [-0.25, -0.2) is 4.68 Å². The van der Waals surface area contributed by atoms with Crippen molar-refractivity contribution in [1.29, 1.82) is 0 Å². The molecule has 1 aromatic heterocycles. The summed E-state index contributed by atoms with van der Waals surface area (Å²) in [6.45, 7) is 3.01. The van der Waals surface area contributed by atoms with Crippen LogP contribution in [0.3, 0.4) is 0 Å². The summed E-state index contributed by atoms with van der Waals surface area (Å²) in [5, 5.41) is 18.3. The molecule has 0 unspecified atom stereocenters. The molecule has 2 heterocycles. The van der Waals surface area contributed by atoms with E-state index in [1.165, 1.54) is 36.7 Å². The van der Waals surface area contributed by atoms with Crippen LogP contribution >= 0.6 is 11.3 Å². The summed E-state index contributed by atoms with van der Waals surface area (Å²) in [5.41, 5.74) is 3.26. The fourth-order valence-electron chi connectivity index (χ4n) is 4.30. The van der Waals surface area contributed by atoms with Gasteiger partial charge in [0.2, 0.25) is 4.80 Å². The van der Waals surface area contributed by atoms with E-state index >= 15 is 0 Å². The first kappa shape index (κ1) is 22.3. The van der Waals surface area contributed by atoms with E-state index in [9.17, 15) is 10.1 Å². The van der Waals surface area contributed by atoms with Gasteiger partial charge in [0.1, 0.15) is 13.2 Å².